The van der Waals surface area contributed by atoms with Crippen molar-refractivity contribution in [1.82, 2.24) is 4.98 Å². The van der Waals surface area contributed by atoms with E-state index in [1.807, 2.05) is 24.3 Å². The Hall–Kier alpha value is -2.42. The summed E-state index contributed by atoms with van der Waals surface area (Å²) >= 11 is 0. The third-order valence-corrected chi connectivity index (χ3v) is 2.54. The minimum absolute atomic E-state index is 0.383. The largest absolute Gasteiger partial charge is 0.398 e. The highest BCUT2D eigenvalue weighted by atomic mass is 16.1. The molecule has 0 bridgehead atoms. The third kappa shape index (κ3) is 2.23. The summed E-state index contributed by atoms with van der Waals surface area (Å²) in [4.78, 5) is 14.8. The Kier molecular flexibility index (Phi) is 3.01. The highest BCUT2D eigenvalue weighted by Gasteiger charge is 2.05. The fourth-order valence-electron chi connectivity index (χ4n) is 1.61. The average Bonchev–Trinajstić information content (AvgIpc) is 2.39. The maximum absolute atomic E-state index is 10.7. The van der Waals surface area contributed by atoms with E-state index in [0.29, 0.717) is 23.1 Å². The Morgan fingerprint density at radius 3 is 2.76 bits per heavy atom. The highest BCUT2D eigenvalue weighted by Crippen LogP contribution is 2.26. The van der Waals surface area contributed by atoms with Crippen LogP contribution in [0.15, 0.2) is 49.3 Å². The van der Waals surface area contributed by atoms with E-state index in [0.717, 1.165) is 11.1 Å². The second-order valence-electron chi connectivity index (χ2n) is 3.69. The number of carbonyl (C=O) groups is 1. The number of allylic oxidation sites excluding steroid dienone is 1. The molecule has 0 amide bonds. The van der Waals surface area contributed by atoms with E-state index in [-0.39, 0.29) is 0 Å². The van der Waals surface area contributed by atoms with Crippen LogP contribution in [0.1, 0.15) is 5.56 Å². The van der Waals surface area contributed by atoms with Crippen LogP contribution in [0, 0.1) is 0 Å². The predicted molar refractivity (Wildman–Crippen MR) is 69.2 cm³/mol. The summed E-state index contributed by atoms with van der Waals surface area (Å²) in [5.74, 6) is 0. The molecule has 0 atom stereocenters. The lowest BCUT2D eigenvalue weighted by atomic mass is 10.00. The molecular weight excluding hydrogens is 212 g/mol. The molecule has 3 heteroatoms. The number of nitrogens with zero attached hydrogens (tertiary/aromatic N) is 1. The van der Waals surface area contributed by atoms with Crippen LogP contribution in [0.5, 0.6) is 0 Å². The Balaban J connectivity index is 2.52. The topological polar surface area (TPSA) is 56.0 Å². The van der Waals surface area contributed by atoms with Crippen molar-refractivity contribution in [2.24, 2.45) is 0 Å². The Morgan fingerprint density at radius 1 is 1.29 bits per heavy atom. The number of hydrogen-bond donors (Lipinski definition) is 1. The van der Waals surface area contributed by atoms with Crippen molar-refractivity contribution in [2.75, 3.05) is 5.73 Å². The quantitative estimate of drug-likeness (QED) is 0.495. The Morgan fingerprint density at radius 2 is 2.12 bits per heavy atom. The van der Waals surface area contributed by atoms with E-state index in [2.05, 4.69) is 11.6 Å². The van der Waals surface area contributed by atoms with Gasteiger partial charge in [-0.05, 0) is 23.8 Å². The van der Waals surface area contributed by atoms with Crippen LogP contribution in [-0.4, -0.2) is 11.3 Å². The molecule has 17 heavy (non-hydrogen) atoms. The van der Waals surface area contributed by atoms with Crippen molar-refractivity contribution in [3.8, 4) is 11.1 Å². The van der Waals surface area contributed by atoms with Crippen LogP contribution < -0.4 is 5.73 Å². The van der Waals surface area contributed by atoms with Gasteiger partial charge in [-0.15, -0.1) is 0 Å². The second kappa shape index (κ2) is 4.61. The normalized spacial score (nSPS) is 9.88. The maximum atomic E-state index is 10.7. The van der Waals surface area contributed by atoms with E-state index < -0.39 is 0 Å². The predicted octanol–water partition coefficient (Wildman–Crippen LogP) is 2.54. The van der Waals surface area contributed by atoms with Crippen LogP contribution in [-0.2, 0) is 4.79 Å². The number of carbonyl (C=O) groups excluding carboxylic acids is 1. The molecule has 2 aromatic rings. The van der Waals surface area contributed by atoms with E-state index in [1.165, 1.54) is 0 Å². The SMILES string of the molecule is C=C(C=O)c1cc(-c2cccnc2)ccc1N. The molecule has 0 spiro atoms. The lowest BCUT2D eigenvalue weighted by Gasteiger charge is -2.07. The van der Waals surface area contributed by atoms with Crippen molar-refractivity contribution in [3.63, 3.8) is 0 Å². The van der Waals surface area contributed by atoms with Gasteiger partial charge in [0, 0.05) is 34.8 Å². The monoisotopic (exact) mass is 224 g/mol. The first-order valence-electron chi connectivity index (χ1n) is 5.17. The van der Waals surface area contributed by atoms with Crippen LogP contribution in [0.4, 0.5) is 5.69 Å². The van der Waals surface area contributed by atoms with Crippen molar-refractivity contribution in [3.05, 3.63) is 54.9 Å². The summed E-state index contributed by atoms with van der Waals surface area (Å²) in [7, 11) is 0. The first-order valence-corrected chi connectivity index (χ1v) is 5.17. The Labute approximate surface area is 99.6 Å². The number of aromatic nitrogens is 1. The summed E-state index contributed by atoms with van der Waals surface area (Å²) in [6, 6.07) is 9.33. The van der Waals surface area contributed by atoms with Crippen LogP contribution in [0.25, 0.3) is 16.7 Å². The molecule has 0 aliphatic carbocycles. The first-order chi connectivity index (χ1) is 8.22. The van der Waals surface area contributed by atoms with Gasteiger partial charge < -0.3 is 5.73 Å². The van der Waals surface area contributed by atoms with Crippen molar-refractivity contribution >= 4 is 17.5 Å². The lowest BCUT2D eigenvalue weighted by molar-refractivity contribution is -0.103. The van der Waals surface area contributed by atoms with E-state index >= 15 is 0 Å². The molecule has 1 heterocycles. The van der Waals surface area contributed by atoms with Gasteiger partial charge in [0.1, 0.15) is 6.29 Å². The van der Waals surface area contributed by atoms with Crippen molar-refractivity contribution in [1.29, 1.82) is 0 Å². The van der Waals surface area contributed by atoms with Gasteiger partial charge in [0.2, 0.25) is 0 Å². The molecule has 0 fully saturated rings. The highest BCUT2D eigenvalue weighted by molar-refractivity contribution is 6.08. The van der Waals surface area contributed by atoms with Crippen LogP contribution in [0.3, 0.4) is 0 Å². The Bertz CT molecular complexity index is 562. The molecule has 2 N–H and O–H groups in total. The van der Waals surface area contributed by atoms with Gasteiger partial charge in [-0.25, -0.2) is 0 Å². The molecule has 0 radical (unpaired) electrons. The number of nitrogens with two attached hydrogens (primary N) is 1. The van der Waals surface area contributed by atoms with Gasteiger partial charge in [-0.1, -0.05) is 18.7 Å². The van der Waals surface area contributed by atoms with Crippen LogP contribution >= 0.6 is 0 Å². The molecule has 1 aromatic heterocycles. The summed E-state index contributed by atoms with van der Waals surface area (Å²) in [5.41, 5.74) is 9.35. The zero-order valence-electron chi connectivity index (χ0n) is 9.26. The van der Waals surface area contributed by atoms with Crippen molar-refractivity contribution in [2.45, 2.75) is 0 Å². The maximum Gasteiger partial charge on any atom is 0.150 e. The van der Waals surface area contributed by atoms with Crippen LogP contribution in [0.2, 0.25) is 0 Å². The number of pyridine rings is 1. The molecule has 2 rings (SSSR count). The number of benzene rings is 1. The van der Waals surface area contributed by atoms with E-state index in [4.69, 9.17) is 5.73 Å². The zero-order valence-corrected chi connectivity index (χ0v) is 9.26. The van der Waals surface area contributed by atoms with Gasteiger partial charge in [-0.3, -0.25) is 9.78 Å². The number of nitrogen functional groups attached to an aromatic ring is 1. The van der Waals surface area contributed by atoms with E-state index in [9.17, 15) is 4.79 Å². The third-order valence-electron chi connectivity index (χ3n) is 2.54. The minimum Gasteiger partial charge on any atom is -0.398 e. The zero-order chi connectivity index (χ0) is 12.3. The summed E-state index contributed by atoms with van der Waals surface area (Å²) in [6.45, 7) is 3.68. The molecule has 0 saturated heterocycles. The smallest absolute Gasteiger partial charge is 0.150 e. The summed E-state index contributed by atoms with van der Waals surface area (Å²) < 4.78 is 0. The van der Waals surface area contributed by atoms with Gasteiger partial charge in [0.25, 0.3) is 0 Å². The number of anilines is 1. The van der Waals surface area contributed by atoms with Gasteiger partial charge in [0.05, 0.1) is 0 Å². The number of aldehydes is 1. The molecule has 3 nitrogen and oxygen atoms in total. The summed E-state index contributed by atoms with van der Waals surface area (Å²) in [5, 5.41) is 0. The number of hydrogen-bond acceptors (Lipinski definition) is 3. The first kappa shape index (κ1) is 11.1. The average molecular weight is 224 g/mol. The van der Waals surface area contributed by atoms with E-state index in [1.54, 1.807) is 18.5 Å². The fourth-order valence-corrected chi connectivity index (χ4v) is 1.61. The molecule has 0 saturated carbocycles. The fraction of sp³-hybridized carbons (Fsp3) is 0. The summed E-state index contributed by atoms with van der Waals surface area (Å²) in [6.07, 6.45) is 4.18. The van der Waals surface area contributed by atoms with Crippen molar-refractivity contribution < 1.29 is 4.79 Å². The molecule has 1 aromatic carbocycles. The van der Waals surface area contributed by atoms with Gasteiger partial charge >= 0.3 is 0 Å². The second-order valence-corrected chi connectivity index (χ2v) is 3.69. The standard InChI is InChI=1S/C14H12N2O/c1-10(9-17)13-7-11(4-5-14(13)15)12-3-2-6-16-8-12/h2-9H,1,15H2. The lowest BCUT2D eigenvalue weighted by Crippen LogP contribution is -1.94. The number of rotatable bonds is 3. The molecule has 0 aliphatic rings. The molecule has 0 aliphatic heterocycles. The molecule has 84 valence electrons. The van der Waals surface area contributed by atoms with Gasteiger partial charge in [-0.2, -0.15) is 0 Å². The van der Waals surface area contributed by atoms with Gasteiger partial charge in [0.15, 0.2) is 0 Å². The molecule has 0 unspecified atom stereocenters. The molecular formula is C14H12N2O. The minimum atomic E-state index is 0.383.